The fraction of sp³-hybridized carbons (Fsp3) is 0.235. The third-order valence-electron chi connectivity index (χ3n) is 3.30. The number of anilines is 1. The number of halogens is 2. The molecule has 3 nitrogen and oxygen atoms in total. The van der Waals surface area contributed by atoms with Gasteiger partial charge in [-0.2, -0.15) is 0 Å². The minimum Gasteiger partial charge on any atom is -0.326 e. The summed E-state index contributed by atoms with van der Waals surface area (Å²) in [6.07, 6.45) is 0. The predicted molar refractivity (Wildman–Crippen MR) is 86.7 cm³/mol. The molecule has 2 aromatic rings. The highest BCUT2D eigenvalue weighted by Gasteiger charge is 2.15. The van der Waals surface area contributed by atoms with E-state index in [1.807, 2.05) is 38.2 Å². The Morgan fingerprint density at radius 3 is 2.68 bits per heavy atom. The van der Waals surface area contributed by atoms with Crippen LogP contribution in [0.2, 0.25) is 5.02 Å². The van der Waals surface area contributed by atoms with Gasteiger partial charge < -0.3 is 10.2 Å². The minimum absolute atomic E-state index is 0.115. The summed E-state index contributed by atoms with van der Waals surface area (Å²) in [6, 6.07) is 12.2. The molecule has 0 aliphatic heterocycles. The molecule has 0 radical (unpaired) electrons. The first-order valence-corrected chi connectivity index (χ1v) is 7.44. The lowest BCUT2D eigenvalue weighted by atomic mass is 10.2. The van der Waals surface area contributed by atoms with Crippen molar-refractivity contribution in [3.05, 3.63) is 64.4 Å². The maximum Gasteiger partial charge on any atom is 0.279 e. The number of aryl methyl sites for hydroxylation is 1. The van der Waals surface area contributed by atoms with Gasteiger partial charge in [-0.15, -0.1) is 0 Å². The van der Waals surface area contributed by atoms with E-state index < -0.39 is 0 Å². The summed E-state index contributed by atoms with van der Waals surface area (Å²) < 4.78 is 13.7. The van der Waals surface area contributed by atoms with Crippen LogP contribution < -0.4 is 10.2 Å². The highest BCUT2D eigenvalue weighted by atomic mass is 35.5. The fourth-order valence-electron chi connectivity index (χ4n) is 2.27. The summed E-state index contributed by atoms with van der Waals surface area (Å²) in [6.45, 7) is 2.55. The number of likely N-dealkylation sites (N-methyl/N-ethyl adjacent to an activating group) is 1. The Balaban J connectivity index is 1.94. The van der Waals surface area contributed by atoms with Crippen LogP contribution in [-0.2, 0) is 11.3 Å². The van der Waals surface area contributed by atoms with E-state index >= 15 is 0 Å². The van der Waals surface area contributed by atoms with E-state index in [9.17, 15) is 9.18 Å². The molecule has 1 amide bonds. The van der Waals surface area contributed by atoms with Gasteiger partial charge >= 0.3 is 0 Å². The highest BCUT2D eigenvalue weighted by Crippen LogP contribution is 2.17. The molecule has 116 valence electrons. The summed E-state index contributed by atoms with van der Waals surface area (Å²) in [5.41, 5.74) is 2.28. The number of hydrogen-bond donors (Lipinski definition) is 2. The van der Waals surface area contributed by atoms with Gasteiger partial charge in [0.15, 0.2) is 6.54 Å². The van der Waals surface area contributed by atoms with Crippen LogP contribution in [0.4, 0.5) is 10.1 Å². The standard InChI is InChI=1S/C17H18ClFN2O/c1-12-5-3-6-13(9-12)20-17(22)11-21(2)10-14-15(18)7-4-8-16(14)19/h3-9H,10-11H2,1-2H3,(H,20,22)/p+1. The van der Waals surface area contributed by atoms with Crippen LogP contribution in [0.25, 0.3) is 0 Å². The molecule has 5 heteroatoms. The number of amides is 1. The summed E-state index contributed by atoms with van der Waals surface area (Å²) >= 11 is 6.00. The number of rotatable bonds is 5. The number of quaternary nitrogens is 1. The Morgan fingerprint density at radius 2 is 2.00 bits per heavy atom. The van der Waals surface area contributed by atoms with Crippen LogP contribution in [0.1, 0.15) is 11.1 Å². The molecular weight excluding hydrogens is 303 g/mol. The van der Waals surface area contributed by atoms with Gasteiger partial charge in [0.05, 0.1) is 17.6 Å². The van der Waals surface area contributed by atoms with Crippen LogP contribution in [0.3, 0.4) is 0 Å². The predicted octanol–water partition coefficient (Wildman–Crippen LogP) is 2.44. The minimum atomic E-state index is -0.342. The van der Waals surface area contributed by atoms with Crippen molar-refractivity contribution in [2.75, 3.05) is 18.9 Å². The molecule has 2 rings (SSSR count). The van der Waals surface area contributed by atoms with E-state index in [2.05, 4.69) is 5.32 Å². The van der Waals surface area contributed by atoms with Gasteiger partial charge in [-0.25, -0.2) is 4.39 Å². The van der Waals surface area contributed by atoms with Gasteiger partial charge in [-0.1, -0.05) is 29.8 Å². The summed E-state index contributed by atoms with van der Waals surface area (Å²) in [7, 11) is 1.83. The molecule has 2 N–H and O–H groups in total. The van der Waals surface area contributed by atoms with Crippen molar-refractivity contribution in [3.8, 4) is 0 Å². The third-order valence-corrected chi connectivity index (χ3v) is 3.66. The molecule has 0 aromatic heterocycles. The SMILES string of the molecule is Cc1cccc(NC(=O)C[NH+](C)Cc2c(F)cccc2Cl)c1. The maximum absolute atomic E-state index is 13.7. The largest absolute Gasteiger partial charge is 0.326 e. The van der Waals surface area contributed by atoms with Crippen molar-refractivity contribution in [1.29, 1.82) is 0 Å². The number of nitrogens with one attached hydrogen (secondary N) is 2. The van der Waals surface area contributed by atoms with Crippen molar-refractivity contribution in [3.63, 3.8) is 0 Å². The molecule has 0 aliphatic rings. The molecule has 2 aromatic carbocycles. The molecule has 1 unspecified atom stereocenters. The molecule has 0 spiro atoms. The lowest BCUT2D eigenvalue weighted by Crippen LogP contribution is -3.08. The van der Waals surface area contributed by atoms with Gasteiger partial charge in [-0.3, -0.25) is 4.79 Å². The van der Waals surface area contributed by atoms with E-state index in [1.165, 1.54) is 6.07 Å². The van der Waals surface area contributed by atoms with Gasteiger partial charge in [0, 0.05) is 5.69 Å². The topological polar surface area (TPSA) is 33.5 Å². The number of hydrogen-bond acceptors (Lipinski definition) is 1. The monoisotopic (exact) mass is 321 g/mol. The zero-order valence-electron chi connectivity index (χ0n) is 12.6. The summed E-state index contributed by atoms with van der Waals surface area (Å²) in [4.78, 5) is 12.9. The van der Waals surface area contributed by atoms with E-state index in [1.54, 1.807) is 12.1 Å². The van der Waals surface area contributed by atoms with Crippen molar-refractivity contribution in [2.45, 2.75) is 13.5 Å². The molecule has 0 aliphatic carbocycles. The number of carbonyl (C=O) groups is 1. The van der Waals surface area contributed by atoms with Crippen molar-refractivity contribution >= 4 is 23.2 Å². The van der Waals surface area contributed by atoms with Crippen LogP contribution in [0.5, 0.6) is 0 Å². The Hall–Kier alpha value is -1.91. The zero-order valence-corrected chi connectivity index (χ0v) is 13.4. The zero-order chi connectivity index (χ0) is 16.1. The van der Waals surface area contributed by atoms with E-state index in [0.29, 0.717) is 17.1 Å². The Morgan fingerprint density at radius 1 is 1.27 bits per heavy atom. The Kier molecular flexibility index (Phi) is 5.52. The Labute approximate surface area is 134 Å². The lowest BCUT2D eigenvalue weighted by molar-refractivity contribution is -0.885. The molecule has 1 atom stereocenters. The van der Waals surface area contributed by atoms with Crippen molar-refractivity contribution in [2.24, 2.45) is 0 Å². The van der Waals surface area contributed by atoms with E-state index in [4.69, 9.17) is 11.6 Å². The smallest absolute Gasteiger partial charge is 0.279 e. The fourth-order valence-corrected chi connectivity index (χ4v) is 2.50. The first-order chi connectivity index (χ1) is 10.5. The number of carbonyl (C=O) groups excluding carboxylic acids is 1. The van der Waals surface area contributed by atoms with Crippen LogP contribution in [0, 0.1) is 12.7 Å². The quantitative estimate of drug-likeness (QED) is 0.871. The number of benzene rings is 2. The molecule has 0 bridgehead atoms. The van der Waals surface area contributed by atoms with Gasteiger partial charge in [0.2, 0.25) is 0 Å². The van der Waals surface area contributed by atoms with Crippen LogP contribution in [-0.4, -0.2) is 19.5 Å². The van der Waals surface area contributed by atoms with Gasteiger partial charge in [0.25, 0.3) is 5.91 Å². The van der Waals surface area contributed by atoms with Gasteiger partial charge in [0.1, 0.15) is 12.4 Å². The van der Waals surface area contributed by atoms with E-state index in [-0.39, 0.29) is 18.3 Å². The van der Waals surface area contributed by atoms with Crippen molar-refractivity contribution < 1.29 is 14.1 Å². The normalized spacial score (nSPS) is 12.0. The molecule has 0 saturated heterocycles. The first kappa shape index (κ1) is 16.5. The van der Waals surface area contributed by atoms with Crippen LogP contribution >= 0.6 is 11.6 Å². The van der Waals surface area contributed by atoms with Crippen molar-refractivity contribution in [1.82, 2.24) is 0 Å². The summed E-state index contributed by atoms with van der Waals surface area (Å²) in [5, 5.41) is 3.23. The molecule has 0 heterocycles. The molecule has 0 fully saturated rings. The van der Waals surface area contributed by atoms with Gasteiger partial charge in [-0.05, 0) is 36.8 Å². The van der Waals surface area contributed by atoms with Crippen LogP contribution in [0.15, 0.2) is 42.5 Å². The second-order valence-electron chi connectivity index (χ2n) is 5.43. The average Bonchev–Trinajstić information content (AvgIpc) is 2.43. The maximum atomic E-state index is 13.7. The molecular formula is C17H19ClFN2O+. The third kappa shape index (κ3) is 4.55. The molecule has 22 heavy (non-hydrogen) atoms. The molecule has 0 saturated carbocycles. The summed E-state index contributed by atoms with van der Waals surface area (Å²) in [5.74, 6) is -0.457. The Bertz CT molecular complexity index is 655. The second kappa shape index (κ2) is 7.38. The second-order valence-corrected chi connectivity index (χ2v) is 5.84. The van der Waals surface area contributed by atoms with E-state index in [0.717, 1.165) is 16.2 Å². The highest BCUT2D eigenvalue weighted by molar-refractivity contribution is 6.31. The lowest BCUT2D eigenvalue weighted by Gasteiger charge is -2.15. The first-order valence-electron chi connectivity index (χ1n) is 7.06. The average molecular weight is 322 g/mol.